The first-order chi connectivity index (χ1) is 15.4. The van der Waals surface area contributed by atoms with Gasteiger partial charge in [-0.3, -0.25) is 14.5 Å². The molecular weight excluding hydrogens is 450 g/mol. The van der Waals surface area contributed by atoms with Crippen molar-refractivity contribution in [2.24, 2.45) is 0 Å². The van der Waals surface area contributed by atoms with E-state index in [0.29, 0.717) is 48.6 Å². The topological polar surface area (TPSA) is 79.4 Å². The van der Waals surface area contributed by atoms with Crippen LogP contribution in [0.3, 0.4) is 0 Å². The predicted octanol–water partition coefficient (Wildman–Crippen LogP) is 2.98. The van der Waals surface area contributed by atoms with E-state index < -0.39 is 0 Å². The zero-order chi connectivity index (χ0) is 23.1. The van der Waals surface area contributed by atoms with E-state index in [0.717, 1.165) is 11.3 Å². The Kier molecular flexibility index (Phi) is 8.52. The lowest BCUT2D eigenvalue weighted by molar-refractivity contribution is -0.133. The molecule has 1 aromatic carbocycles. The van der Waals surface area contributed by atoms with Crippen LogP contribution in [0.5, 0.6) is 5.75 Å². The van der Waals surface area contributed by atoms with Gasteiger partial charge in [-0.15, -0.1) is 0 Å². The molecule has 0 radical (unpaired) electrons. The quantitative estimate of drug-likeness (QED) is 0.441. The molecule has 0 aromatic heterocycles. The Balaban J connectivity index is 1.51. The van der Waals surface area contributed by atoms with Crippen LogP contribution < -0.4 is 4.74 Å². The Bertz CT molecular complexity index is 895. The van der Waals surface area contributed by atoms with Gasteiger partial charge in [-0.2, -0.15) is 0 Å². The molecule has 8 nitrogen and oxygen atoms in total. The van der Waals surface area contributed by atoms with E-state index in [4.69, 9.17) is 21.7 Å². The van der Waals surface area contributed by atoms with Gasteiger partial charge in [0.15, 0.2) is 0 Å². The van der Waals surface area contributed by atoms with Crippen molar-refractivity contribution in [3.05, 3.63) is 34.7 Å². The fraction of sp³-hybridized carbons (Fsp3) is 0.455. The van der Waals surface area contributed by atoms with E-state index in [9.17, 15) is 14.4 Å². The summed E-state index contributed by atoms with van der Waals surface area (Å²) in [6.07, 6.45) is 1.63. The Morgan fingerprint density at radius 2 is 1.72 bits per heavy atom. The van der Waals surface area contributed by atoms with Gasteiger partial charge in [-0.1, -0.05) is 36.1 Å². The standard InChI is InChI=1S/C22H27N3O5S2/c1-3-29-17-7-5-16(6-8-17)15-18-20(27)25(22(31)32-18)10-9-19(26)23-11-13-24(14-12-23)21(28)30-4-2/h5-8,15H,3-4,9-14H2,1-2H3/b18-15-. The highest BCUT2D eigenvalue weighted by Crippen LogP contribution is 2.33. The van der Waals surface area contributed by atoms with Crippen LogP contribution in [-0.4, -0.2) is 82.9 Å². The minimum Gasteiger partial charge on any atom is -0.494 e. The third-order valence-corrected chi connectivity index (χ3v) is 6.45. The number of ether oxygens (including phenoxy) is 2. The van der Waals surface area contributed by atoms with Crippen LogP contribution in [0.1, 0.15) is 25.8 Å². The first-order valence-corrected chi connectivity index (χ1v) is 11.8. The van der Waals surface area contributed by atoms with Crippen molar-refractivity contribution >= 4 is 52.3 Å². The maximum atomic E-state index is 12.8. The fourth-order valence-electron chi connectivity index (χ4n) is 3.39. The molecule has 1 aromatic rings. The van der Waals surface area contributed by atoms with Gasteiger partial charge in [0, 0.05) is 39.1 Å². The lowest BCUT2D eigenvalue weighted by Gasteiger charge is -2.34. The lowest BCUT2D eigenvalue weighted by Crippen LogP contribution is -2.51. The first-order valence-electron chi connectivity index (χ1n) is 10.6. The summed E-state index contributed by atoms with van der Waals surface area (Å²) in [5.74, 6) is 0.533. The SMILES string of the molecule is CCOC(=O)N1CCN(C(=O)CCN2C(=O)/C(=C/c3ccc(OCC)cc3)SC2=S)CC1. The van der Waals surface area contributed by atoms with Crippen molar-refractivity contribution in [3.8, 4) is 5.75 Å². The molecule has 0 bridgehead atoms. The monoisotopic (exact) mass is 477 g/mol. The maximum absolute atomic E-state index is 12.8. The van der Waals surface area contributed by atoms with Crippen molar-refractivity contribution in [2.75, 3.05) is 45.9 Å². The van der Waals surface area contributed by atoms with E-state index in [-0.39, 0.29) is 30.9 Å². The number of rotatable bonds is 7. The molecule has 32 heavy (non-hydrogen) atoms. The van der Waals surface area contributed by atoms with Gasteiger partial charge in [0.2, 0.25) is 5.91 Å². The zero-order valence-electron chi connectivity index (χ0n) is 18.2. The molecular formula is C22H27N3O5S2. The number of thiocarbonyl (C=S) groups is 1. The highest BCUT2D eigenvalue weighted by Gasteiger charge is 2.33. The zero-order valence-corrected chi connectivity index (χ0v) is 19.9. The third kappa shape index (κ3) is 6.01. The van der Waals surface area contributed by atoms with Crippen LogP contribution in [0.4, 0.5) is 4.79 Å². The maximum Gasteiger partial charge on any atom is 0.409 e. The van der Waals surface area contributed by atoms with Crippen molar-refractivity contribution in [3.63, 3.8) is 0 Å². The summed E-state index contributed by atoms with van der Waals surface area (Å²) in [4.78, 5) is 42.5. The highest BCUT2D eigenvalue weighted by molar-refractivity contribution is 8.26. The van der Waals surface area contributed by atoms with Gasteiger partial charge in [0.05, 0.1) is 18.1 Å². The lowest BCUT2D eigenvalue weighted by atomic mass is 10.2. The summed E-state index contributed by atoms with van der Waals surface area (Å²) in [5, 5.41) is 0. The van der Waals surface area contributed by atoms with Crippen molar-refractivity contribution in [1.29, 1.82) is 0 Å². The fourth-order valence-corrected chi connectivity index (χ4v) is 4.70. The predicted molar refractivity (Wildman–Crippen MR) is 127 cm³/mol. The minimum atomic E-state index is -0.350. The molecule has 2 fully saturated rings. The molecule has 2 aliphatic heterocycles. The van der Waals surface area contributed by atoms with Gasteiger partial charge < -0.3 is 19.3 Å². The van der Waals surface area contributed by atoms with Gasteiger partial charge in [0.1, 0.15) is 10.1 Å². The second-order valence-electron chi connectivity index (χ2n) is 7.15. The molecule has 3 rings (SSSR count). The normalized spacial score (nSPS) is 17.8. The number of piperazine rings is 1. The Labute approximate surface area is 197 Å². The molecule has 2 aliphatic rings. The van der Waals surface area contributed by atoms with Crippen LogP contribution in [0.25, 0.3) is 6.08 Å². The van der Waals surface area contributed by atoms with Gasteiger partial charge in [-0.25, -0.2) is 4.79 Å². The smallest absolute Gasteiger partial charge is 0.409 e. The average molecular weight is 478 g/mol. The average Bonchev–Trinajstić information content (AvgIpc) is 3.06. The van der Waals surface area contributed by atoms with Crippen molar-refractivity contribution < 1.29 is 23.9 Å². The molecule has 0 saturated carbocycles. The Morgan fingerprint density at radius 1 is 1.06 bits per heavy atom. The summed E-state index contributed by atoms with van der Waals surface area (Å²) in [6.45, 7) is 6.63. The number of benzene rings is 1. The Morgan fingerprint density at radius 3 is 2.34 bits per heavy atom. The number of nitrogens with zero attached hydrogens (tertiary/aromatic N) is 3. The van der Waals surface area contributed by atoms with Crippen molar-refractivity contribution in [2.45, 2.75) is 20.3 Å². The number of carbonyl (C=O) groups excluding carboxylic acids is 3. The number of carbonyl (C=O) groups is 3. The summed E-state index contributed by atoms with van der Waals surface area (Å²) in [7, 11) is 0. The molecule has 0 aliphatic carbocycles. The summed E-state index contributed by atoms with van der Waals surface area (Å²) >= 11 is 6.61. The van der Waals surface area contributed by atoms with Gasteiger partial charge >= 0.3 is 6.09 Å². The van der Waals surface area contributed by atoms with Crippen molar-refractivity contribution in [1.82, 2.24) is 14.7 Å². The van der Waals surface area contributed by atoms with E-state index in [1.54, 1.807) is 22.8 Å². The van der Waals surface area contributed by atoms with Crippen LogP contribution in [0.2, 0.25) is 0 Å². The number of hydrogen-bond donors (Lipinski definition) is 0. The number of thioether (sulfide) groups is 1. The molecule has 0 spiro atoms. The summed E-state index contributed by atoms with van der Waals surface area (Å²) in [6, 6.07) is 7.49. The van der Waals surface area contributed by atoms with E-state index in [1.165, 1.54) is 16.7 Å². The molecule has 0 N–H and O–H groups in total. The van der Waals surface area contributed by atoms with E-state index >= 15 is 0 Å². The molecule has 0 atom stereocenters. The van der Waals surface area contributed by atoms with Crippen LogP contribution in [0.15, 0.2) is 29.2 Å². The molecule has 2 saturated heterocycles. The second-order valence-corrected chi connectivity index (χ2v) is 8.83. The minimum absolute atomic E-state index is 0.0574. The Hall–Kier alpha value is -2.59. The number of hydrogen-bond acceptors (Lipinski definition) is 7. The van der Waals surface area contributed by atoms with Crippen LogP contribution in [0, 0.1) is 0 Å². The molecule has 0 unspecified atom stereocenters. The number of amides is 3. The highest BCUT2D eigenvalue weighted by atomic mass is 32.2. The largest absolute Gasteiger partial charge is 0.494 e. The van der Waals surface area contributed by atoms with Crippen LogP contribution in [-0.2, 0) is 14.3 Å². The second kappa shape index (κ2) is 11.3. The van der Waals surface area contributed by atoms with E-state index in [2.05, 4.69) is 0 Å². The van der Waals surface area contributed by atoms with Gasteiger partial charge in [-0.05, 0) is 37.6 Å². The van der Waals surface area contributed by atoms with E-state index in [1.807, 2.05) is 31.2 Å². The molecule has 3 amide bonds. The summed E-state index contributed by atoms with van der Waals surface area (Å²) in [5.41, 5.74) is 0.879. The van der Waals surface area contributed by atoms with Gasteiger partial charge in [0.25, 0.3) is 5.91 Å². The third-order valence-electron chi connectivity index (χ3n) is 5.07. The first kappa shape index (κ1) is 24.1. The van der Waals surface area contributed by atoms with Crippen LogP contribution >= 0.6 is 24.0 Å². The summed E-state index contributed by atoms with van der Waals surface area (Å²) < 4.78 is 10.9. The molecule has 172 valence electrons. The molecule has 2 heterocycles. The molecule has 10 heteroatoms.